The Morgan fingerprint density at radius 1 is 1.14 bits per heavy atom. The molecule has 3 rings (SSSR count). The maximum absolute atomic E-state index is 13.9. The first-order chi connectivity index (χ1) is 12.8. The molecule has 0 amide bonds. The number of halogens is 4. The number of hydrogen-bond donors (Lipinski definition) is 1. The maximum atomic E-state index is 13.9. The molecular weight excluding hydrogens is 400 g/mol. The highest BCUT2D eigenvalue weighted by molar-refractivity contribution is 7.90. The highest BCUT2D eigenvalue weighted by atomic mass is 32.2. The van der Waals surface area contributed by atoms with Gasteiger partial charge in [0.15, 0.2) is 9.84 Å². The number of sulfone groups is 1. The molecule has 150 valence electrons. The molecule has 10 heteroatoms. The van der Waals surface area contributed by atoms with Crippen LogP contribution >= 0.6 is 0 Å². The first-order valence-corrected chi connectivity index (χ1v) is 9.94. The molecular formula is C18H16F4N2O3S. The van der Waals surface area contributed by atoms with Crippen molar-refractivity contribution in [2.24, 2.45) is 4.99 Å². The number of benzene rings is 2. The van der Waals surface area contributed by atoms with Gasteiger partial charge in [0.05, 0.1) is 11.4 Å². The van der Waals surface area contributed by atoms with E-state index < -0.39 is 34.1 Å². The predicted molar refractivity (Wildman–Crippen MR) is 95.6 cm³/mol. The smallest absolute Gasteiger partial charge is 0.361 e. The zero-order chi connectivity index (χ0) is 20.9. The van der Waals surface area contributed by atoms with E-state index >= 15 is 0 Å². The lowest BCUT2D eigenvalue weighted by Crippen LogP contribution is -2.47. The van der Waals surface area contributed by atoms with Gasteiger partial charge in [-0.15, -0.1) is 0 Å². The maximum Gasteiger partial charge on any atom is 0.440 e. The van der Waals surface area contributed by atoms with Gasteiger partial charge in [-0.05, 0) is 42.8 Å². The third kappa shape index (κ3) is 3.61. The Kier molecular flexibility index (Phi) is 4.75. The molecule has 0 bridgehead atoms. The minimum absolute atomic E-state index is 0.0126. The monoisotopic (exact) mass is 416 g/mol. The summed E-state index contributed by atoms with van der Waals surface area (Å²) in [5.74, 6) is -0.902. The summed E-state index contributed by atoms with van der Waals surface area (Å²) in [6.45, 7) is 0.558. The molecule has 0 saturated carbocycles. The van der Waals surface area contributed by atoms with Gasteiger partial charge in [0, 0.05) is 17.5 Å². The summed E-state index contributed by atoms with van der Waals surface area (Å²) < 4.78 is 77.2. The molecule has 1 aliphatic rings. The molecule has 2 aromatic rings. The summed E-state index contributed by atoms with van der Waals surface area (Å²) in [4.78, 5) is 4.51. The lowest BCUT2D eigenvalue weighted by atomic mass is 10.1. The quantitative estimate of drug-likeness (QED) is 0.781. The van der Waals surface area contributed by atoms with E-state index in [1.807, 2.05) is 0 Å². The van der Waals surface area contributed by atoms with Gasteiger partial charge in [0.25, 0.3) is 5.72 Å². The Bertz CT molecular complexity index is 1050. The Hall–Kier alpha value is -2.46. The van der Waals surface area contributed by atoms with Gasteiger partial charge in [-0.25, -0.2) is 17.8 Å². The number of β-amino-alcohol motifs (C(OH)–C–C–N with tert-alkyl or cyclic N) is 1. The van der Waals surface area contributed by atoms with Crippen LogP contribution in [0.2, 0.25) is 0 Å². The van der Waals surface area contributed by atoms with E-state index in [0.29, 0.717) is 5.56 Å². The first kappa shape index (κ1) is 20.3. The third-order valence-corrected chi connectivity index (χ3v) is 5.51. The Morgan fingerprint density at radius 2 is 1.75 bits per heavy atom. The van der Waals surface area contributed by atoms with Crippen LogP contribution in [0.4, 0.5) is 23.2 Å². The molecule has 1 heterocycles. The van der Waals surface area contributed by atoms with E-state index in [0.717, 1.165) is 17.2 Å². The molecule has 0 saturated heterocycles. The molecule has 0 aliphatic carbocycles. The van der Waals surface area contributed by atoms with Crippen LogP contribution < -0.4 is 4.90 Å². The summed E-state index contributed by atoms with van der Waals surface area (Å²) in [6, 6.07) is 8.91. The molecule has 5 nitrogen and oxygen atoms in total. The Balaban J connectivity index is 2.10. The fraction of sp³-hybridized carbons (Fsp3) is 0.278. The van der Waals surface area contributed by atoms with Gasteiger partial charge in [0.1, 0.15) is 11.7 Å². The van der Waals surface area contributed by atoms with Crippen molar-refractivity contribution in [3.63, 3.8) is 0 Å². The van der Waals surface area contributed by atoms with Crippen molar-refractivity contribution < 1.29 is 31.1 Å². The van der Waals surface area contributed by atoms with Gasteiger partial charge < -0.3 is 10.0 Å². The normalized spacial score (nSPS) is 20.4. The SMILES string of the molecule is Cc1ccc(C2=NC(O)(C(F)(F)F)CN2c2ccc(S(C)(=O)=O)cc2)cc1F. The van der Waals surface area contributed by atoms with E-state index in [1.165, 1.54) is 43.3 Å². The van der Waals surface area contributed by atoms with E-state index in [1.54, 1.807) is 0 Å². The number of hydrogen-bond acceptors (Lipinski definition) is 5. The highest BCUT2D eigenvalue weighted by Crippen LogP contribution is 2.39. The van der Waals surface area contributed by atoms with Crippen LogP contribution in [-0.2, 0) is 9.84 Å². The van der Waals surface area contributed by atoms with Crippen molar-refractivity contribution in [1.29, 1.82) is 0 Å². The summed E-state index contributed by atoms with van der Waals surface area (Å²) in [5, 5.41) is 10.1. The predicted octanol–water partition coefficient (Wildman–Crippen LogP) is 3.06. The number of anilines is 1. The van der Waals surface area contributed by atoms with Gasteiger partial charge in [-0.3, -0.25) is 0 Å². The molecule has 1 unspecified atom stereocenters. The van der Waals surface area contributed by atoms with Gasteiger partial charge >= 0.3 is 6.18 Å². The van der Waals surface area contributed by atoms with Crippen molar-refractivity contribution in [2.75, 3.05) is 17.7 Å². The van der Waals surface area contributed by atoms with Crippen molar-refractivity contribution in [3.8, 4) is 0 Å². The number of aliphatic hydroxyl groups is 1. The van der Waals surface area contributed by atoms with E-state index in [-0.39, 0.29) is 22.0 Å². The topological polar surface area (TPSA) is 70.0 Å². The van der Waals surface area contributed by atoms with E-state index in [4.69, 9.17) is 0 Å². The largest absolute Gasteiger partial charge is 0.440 e. The van der Waals surface area contributed by atoms with Crippen LogP contribution in [0, 0.1) is 12.7 Å². The second-order valence-corrected chi connectivity index (χ2v) is 8.58. The second kappa shape index (κ2) is 6.56. The number of amidine groups is 1. The molecule has 1 N–H and O–H groups in total. The molecule has 1 aliphatic heterocycles. The van der Waals surface area contributed by atoms with Crippen LogP contribution in [-0.4, -0.2) is 44.1 Å². The fourth-order valence-electron chi connectivity index (χ4n) is 2.76. The molecule has 0 radical (unpaired) electrons. The molecule has 0 aromatic heterocycles. The standard InChI is InChI=1S/C18H16F4N2O3S/c1-11-3-4-12(9-15(11)19)16-23-17(25,18(20,21)22)10-24(16)13-5-7-14(8-6-13)28(2,26)27/h3-9,25H,10H2,1-2H3. The average Bonchev–Trinajstić information content (AvgIpc) is 2.96. The number of aryl methyl sites for hydroxylation is 1. The lowest BCUT2D eigenvalue weighted by Gasteiger charge is -2.25. The summed E-state index contributed by atoms with van der Waals surface area (Å²) >= 11 is 0. The summed E-state index contributed by atoms with van der Waals surface area (Å²) in [5.41, 5.74) is -2.85. The number of rotatable bonds is 3. The van der Waals surface area contributed by atoms with Crippen molar-refractivity contribution in [2.45, 2.75) is 23.7 Å². The minimum atomic E-state index is -5.05. The van der Waals surface area contributed by atoms with Crippen LogP contribution in [0.25, 0.3) is 0 Å². The van der Waals surface area contributed by atoms with Crippen LogP contribution in [0.3, 0.4) is 0 Å². The average molecular weight is 416 g/mol. The molecule has 0 fully saturated rings. The summed E-state index contributed by atoms with van der Waals surface area (Å²) in [6.07, 6.45) is -4.05. The lowest BCUT2D eigenvalue weighted by molar-refractivity contribution is -0.249. The first-order valence-electron chi connectivity index (χ1n) is 8.05. The van der Waals surface area contributed by atoms with E-state index in [9.17, 15) is 31.1 Å². The third-order valence-electron chi connectivity index (χ3n) is 4.39. The molecule has 2 aromatic carbocycles. The summed E-state index contributed by atoms with van der Waals surface area (Å²) in [7, 11) is -3.49. The molecule has 28 heavy (non-hydrogen) atoms. The van der Waals surface area contributed by atoms with Gasteiger partial charge in [-0.1, -0.05) is 12.1 Å². The van der Waals surface area contributed by atoms with Crippen LogP contribution in [0.15, 0.2) is 52.4 Å². The molecule has 1 atom stereocenters. The fourth-order valence-corrected chi connectivity index (χ4v) is 3.39. The van der Waals surface area contributed by atoms with Crippen LogP contribution in [0.5, 0.6) is 0 Å². The second-order valence-electron chi connectivity index (χ2n) is 6.57. The van der Waals surface area contributed by atoms with E-state index in [2.05, 4.69) is 4.99 Å². The van der Waals surface area contributed by atoms with Gasteiger partial charge in [0.2, 0.25) is 0 Å². The minimum Gasteiger partial charge on any atom is -0.361 e. The zero-order valence-corrected chi connectivity index (χ0v) is 15.6. The van der Waals surface area contributed by atoms with Gasteiger partial charge in [-0.2, -0.15) is 13.2 Å². The molecule has 0 spiro atoms. The highest BCUT2D eigenvalue weighted by Gasteiger charge is 2.58. The Labute approximate surface area is 158 Å². The number of alkyl halides is 3. The Morgan fingerprint density at radius 3 is 2.25 bits per heavy atom. The van der Waals surface area contributed by atoms with Crippen LogP contribution in [0.1, 0.15) is 11.1 Å². The number of nitrogens with zero attached hydrogens (tertiary/aromatic N) is 2. The van der Waals surface area contributed by atoms with Crippen molar-refractivity contribution >= 4 is 21.4 Å². The zero-order valence-electron chi connectivity index (χ0n) is 14.8. The van der Waals surface area contributed by atoms with Crippen molar-refractivity contribution in [1.82, 2.24) is 0 Å². The number of aliphatic imine (C=N–C) groups is 1. The van der Waals surface area contributed by atoms with Crippen molar-refractivity contribution in [3.05, 3.63) is 59.4 Å².